The van der Waals surface area contributed by atoms with Gasteiger partial charge in [0, 0.05) is 6.04 Å². The van der Waals surface area contributed by atoms with E-state index in [1.807, 2.05) is 11.8 Å². The molecule has 0 amide bonds. The lowest BCUT2D eigenvalue weighted by Gasteiger charge is -2.14. The van der Waals surface area contributed by atoms with E-state index in [2.05, 4.69) is 18.6 Å². The van der Waals surface area contributed by atoms with E-state index < -0.39 is 0 Å². The summed E-state index contributed by atoms with van der Waals surface area (Å²) in [6.45, 7) is 0. The van der Waals surface area contributed by atoms with Gasteiger partial charge < -0.3 is 5.32 Å². The highest BCUT2D eigenvalue weighted by molar-refractivity contribution is 7.98. The van der Waals surface area contributed by atoms with Gasteiger partial charge in [0.1, 0.15) is 0 Å². The summed E-state index contributed by atoms with van der Waals surface area (Å²) in [5.74, 6) is 2.34. The van der Waals surface area contributed by atoms with Gasteiger partial charge in [-0.05, 0) is 50.7 Å². The van der Waals surface area contributed by atoms with Crippen molar-refractivity contribution < 1.29 is 0 Å². The molecule has 1 fully saturated rings. The lowest BCUT2D eigenvalue weighted by Crippen LogP contribution is -2.27. The first-order valence-corrected chi connectivity index (χ1v) is 5.94. The summed E-state index contributed by atoms with van der Waals surface area (Å²) < 4.78 is 0. The van der Waals surface area contributed by atoms with Crippen molar-refractivity contribution in [3.05, 3.63) is 0 Å². The van der Waals surface area contributed by atoms with Gasteiger partial charge >= 0.3 is 0 Å². The third kappa shape index (κ3) is 3.48. The summed E-state index contributed by atoms with van der Waals surface area (Å²) in [6, 6.07) is 0.821. The Morgan fingerprint density at radius 1 is 1.55 bits per heavy atom. The smallest absolute Gasteiger partial charge is 0.00926 e. The molecule has 0 saturated heterocycles. The Morgan fingerprint density at radius 3 is 2.73 bits per heavy atom. The maximum absolute atomic E-state index is 3.41. The van der Waals surface area contributed by atoms with Gasteiger partial charge in [0.05, 0.1) is 0 Å². The fraction of sp³-hybridized carbons (Fsp3) is 1.00. The molecule has 1 atom stereocenters. The molecule has 1 rings (SSSR count). The molecule has 0 spiro atoms. The van der Waals surface area contributed by atoms with Crippen LogP contribution in [0.15, 0.2) is 0 Å². The van der Waals surface area contributed by atoms with Crippen molar-refractivity contribution in [1.82, 2.24) is 5.32 Å². The minimum absolute atomic E-state index is 0.821. The van der Waals surface area contributed by atoms with Gasteiger partial charge in [-0.2, -0.15) is 11.8 Å². The molecule has 0 heterocycles. The standard InChI is InChI=1S/C9H19NS/c1-10-9(8-5-6-8)4-3-7-11-2/h8-10H,3-7H2,1-2H3. The first kappa shape index (κ1) is 9.40. The van der Waals surface area contributed by atoms with Gasteiger partial charge in [-0.15, -0.1) is 0 Å². The van der Waals surface area contributed by atoms with Crippen LogP contribution in [-0.2, 0) is 0 Å². The summed E-state index contributed by atoms with van der Waals surface area (Å²) in [6.07, 6.45) is 7.87. The van der Waals surface area contributed by atoms with Crippen molar-refractivity contribution in [3.63, 3.8) is 0 Å². The molecule has 1 N–H and O–H groups in total. The zero-order valence-electron chi connectivity index (χ0n) is 7.60. The minimum atomic E-state index is 0.821. The highest BCUT2D eigenvalue weighted by Crippen LogP contribution is 2.34. The van der Waals surface area contributed by atoms with Crippen LogP contribution in [0.25, 0.3) is 0 Å². The molecule has 0 aromatic carbocycles. The summed E-state index contributed by atoms with van der Waals surface area (Å²) >= 11 is 1.96. The van der Waals surface area contributed by atoms with Gasteiger partial charge in [-0.25, -0.2) is 0 Å². The second kappa shape index (κ2) is 5.04. The second-order valence-corrected chi connectivity index (χ2v) is 4.35. The Morgan fingerprint density at radius 2 is 2.27 bits per heavy atom. The van der Waals surface area contributed by atoms with Crippen molar-refractivity contribution in [3.8, 4) is 0 Å². The van der Waals surface area contributed by atoms with Gasteiger partial charge in [0.2, 0.25) is 0 Å². The SMILES string of the molecule is CNC(CCCSC)C1CC1. The van der Waals surface area contributed by atoms with E-state index in [1.54, 1.807) is 0 Å². The van der Waals surface area contributed by atoms with E-state index >= 15 is 0 Å². The normalized spacial score (nSPS) is 20.2. The lowest BCUT2D eigenvalue weighted by atomic mass is 10.1. The molecule has 1 aliphatic carbocycles. The Kier molecular flexibility index (Phi) is 4.31. The fourth-order valence-electron chi connectivity index (χ4n) is 1.56. The molecule has 1 unspecified atom stereocenters. The topological polar surface area (TPSA) is 12.0 Å². The number of thioether (sulfide) groups is 1. The molecular weight excluding hydrogens is 154 g/mol. The average molecular weight is 173 g/mol. The molecule has 1 saturated carbocycles. The Hall–Kier alpha value is 0.310. The molecule has 0 aliphatic heterocycles. The lowest BCUT2D eigenvalue weighted by molar-refractivity contribution is 0.467. The number of nitrogens with one attached hydrogen (secondary N) is 1. The molecule has 11 heavy (non-hydrogen) atoms. The predicted molar refractivity (Wildman–Crippen MR) is 53.2 cm³/mol. The van der Waals surface area contributed by atoms with Crippen LogP contribution in [0.5, 0.6) is 0 Å². The van der Waals surface area contributed by atoms with E-state index in [0.717, 1.165) is 12.0 Å². The first-order chi connectivity index (χ1) is 5.38. The zero-order chi connectivity index (χ0) is 8.10. The summed E-state index contributed by atoms with van der Waals surface area (Å²) in [4.78, 5) is 0. The number of rotatable bonds is 6. The van der Waals surface area contributed by atoms with E-state index in [9.17, 15) is 0 Å². The molecule has 1 nitrogen and oxygen atoms in total. The molecule has 2 heteroatoms. The maximum atomic E-state index is 3.41. The van der Waals surface area contributed by atoms with Crippen LogP contribution in [0, 0.1) is 5.92 Å². The third-order valence-corrected chi connectivity index (χ3v) is 3.12. The van der Waals surface area contributed by atoms with Crippen LogP contribution in [0.1, 0.15) is 25.7 Å². The number of hydrogen-bond acceptors (Lipinski definition) is 2. The van der Waals surface area contributed by atoms with Crippen LogP contribution in [0.4, 0.5) is 0 Å². The van der Waals surface area contributed by atoms with Gasteiger partial charge in [0.25, 0.3) is 0 Å². The Labute approximate surface area is 74.3 Å². The van der Waals surface area contributed by atoms with Crippen LogP contribution in [0.2, 0.25) is 0 Å². The van der Waals surface area contributed by atoms with E-state index in [4.69, 9.17) is 0 Å². The van der Waals surface area contributed by atoms with Crippen molar-refractivity contribution in [2.24, 2.45) is 5.92 Å². The minimum Gasteiger partial charge on any atom is -0.317 e. The monoisotopic (exact) mass is 173 g/mol. The van der Waals surface area contributed by atoms with E-state index in [0.29, 0.717) is 0 Å². The van der Waals surface area contributed by atoms with Crippen molar-refractivity contribution >= 4 is 11.8 Å². The summed E-state index contributed by atoms with van der Waals surface area (Å²) in [5, 5.41) is 3.41. The molecule has 0 aromatic heterocycles. The maximum Gasteiger partial charge on any atom is 0.00926 e. The highest BCUT2D eigenvalue weighted by Gasteiger charge is 2.29. The molecule has 0 radical (unpaired) electrons. The number of hydrogen-bond donors (Lipinski definition) is 1. The zero-order valence-corrected chi connectivity index (χ0v) is 8.41. The van der Waals surface area contributed by atoms with Crippen LogP contribution >= 0.6 is 11.8 Å². The molecular formula is C9H19NS. The largest absolute Gasteiger partial charge is 0.317 e. The molecule has 0 bridgehead atoms. The van der Waals surface area contributed by atoms with Gasteiger partial charge in [0.15, 0.2) is 0 Å². The van der Waals surface area contributed by atoms with Crippen molar-refractivity contribution in [1.29, 1.82) is 0 Å². The second-order valence-electron chi connectivity index (χ2n) is 3.37. The van der Waals surface area contributed by atoms with Crippen LogP contribution in [-0.4, -0.2) is 25.1 Å². The fourth-order valence-corrected chi connectivity index (χ4v) is 2.02. The van der Waals surface area contributed by atoms with Gasteiger partial charge in [-0.3, -0.25) is 0 Å². The first-order valence-electron chi connectivity index (χ1n) is 4.54. The highest BCUT2D eigenvalue weighted by atomic mass is 32.2. The van der Waals surface area contributed by atoms with Crippen molar-refractivity contribution in [2.75, 3.05) is 19.1 Å². The average Bonchev–Trinajstić information content (AvgIpc) is 2.81. The summed E-state index contributed by atoms with van der Waals surface area (Å²) in [7, 11) is 2.10. The quantitative estimate of drug-likeness (QED) is 0.618. The molecule has 1 aliphatic rings. The van der Waals surface area contributed by atoms with E-state index in [1.165, 1.54) is 31.4 Å². The third-order valence-electron chi connectivity index (χ3n) is 2.43. The van der Waals surface area contributed by atoms with Crippen LogP contribution in [0.3, 0.4) is 0 Å². The Bertz CT molecular complexity index is 102. The van der Waals surface area contributed by atoms with E-state index in [-0.39, 0.29) is 0 Å². The predicted octanol–water partition coefficient (Wildman–Crippen LogP) is 2.13. The van der Waals surface area contributed by atoms with Gasteiger partial charge in [-0.1, -0.05) is 0 Å². The Balaban J connectivity index is 2.01. The molecule has 0 aromatic rings. The summed E-state index contributed by atoms with van der Waals surface area (Å²) in [5.41, 5.74) is 0. The van der Waals surface area contributed by atoms with Crippen LogP contribution < -0.4 is 5.32 Å². The molecule has 66 valence electrons. The van der Waals surface area contributed by atoms with Crippen molar-refractivity contribution in [2.45, 2.75) is 31.7 Å².